The van der Waals surface area contributed by atoms with Crippen molar-refractivity contribution in [1.82, 2.24) is 19.4 Å². The van der Waals surface area contributed by atoms with Gasteiger partial charge in [-0.15, -0.1) is 0 Å². The number of nitriles is 1. The Bertz CT molecular complexity index is 1740. The maximum atomic E-state index is 12.9. The van der Waals surface area contributed by atoms with E-state index < -0.39 is 0 Å². The van der Waals surface area contributed by atoms with E-state index in [-0.39, 0.29) is 23.7 Å². The quantitative estimate of drug-likeness (QED) is 0.307. The topological polar surface area (TPSA) is 128 Å². The second-order valence-corrected chi connectivity index (χ2v) is 11.4. The molecule has 0 bridgehead atoms. The van der Waals surface area contributed by atoms with Crippen molar-refractivity contribution >= 4 is 46.4 Å². The van der Waals surface area contributed by atoms with Crippen molar-refractivity contribution in [3.8, 4) is 6.07 Å². The second-order valence-electron chi connectivity index (χ2n) is 11.0. The highest BCUT2D eigenvalue weighted by molar-refractivity contribution is 6.30. The summed E-state index contributed by atoms with van der Waals surface area (Å²) in [6.07, 6.45) is 9.96. The zero-order chi connectivity index (χ0) is 28.1. The highest BCUT2D eigenvalue weighted by Crippen LogP contribution is 2.49. The van der Waals surface area contributed by atoms with E-state index >= 15 is 0 Å². The van der Waals surface area contributed by atoms with Crippen molar-refractivity contribution < 1.29 is 9.59 Å². The summed E-state index contributed by atoms with van der Waals surface area (Å²) in [6, 6.07) is 11.1. The summed E-state index contributed by atoms with van der Waals surface area (Å²) in [5.41, 5.74) is 5.06. The Balaban J connectivity index is 1.04. The average molecular weight is 567 g/mol. The molecule has 10 nitrogen and oxygen atoms in total. The molecule has 1 aromatic carbocycles. The van der Waals surface area contributed by atoms with Gasteiger partial charge in [0.1, 0.15) is 18.0 Å². The third-order valence-electron chi connectivity index (χ3n) is 8.05. The zero-order valence-electron chi connectivity index (χ0n) is 22.2. The first-order valence-corrected chi connectivity index (χ1v) is 14.2. The van der Waals surface area contributed by atoms with Crippen molar-refractivity contribution in [2.45, 2.75) is 50.5 Å². The Labute approximate surface area is 241 Å². The van der Waals surface area contributed by atoms with Crippen LogP contribution in [0.2, 0.25) is 5.02 Å². The Kier molecular flexibility index (Phi) is 6.31. The molecule has 11 heteroatoms. The number of imidazole rings is 1. The highest BCUT2D eigenvalue weighted by atomic mass is 35.5. The Morgan fingerprint density at radius 2 is 2.00 bits per heavy atom. The third kappa shape index (κ3) is 5.09. The molecule has 7 rings (SSSR count). The summed E-state index contributed by atoms with van der Waals surface area (Å²) in [5, 5.41) is 16.1. The smallest absolute Gasteiger partial charge is 0.229 e. The number of hydrogen-bond acceptors (Lipinski definition) is 7. The molecule has 206 valence electrons. The van der Waals surface area contributed by atoms with Crippen LogP contribution < -0.4 is 15.5 Å². The van der Waals surface area contributed by atoms with Crippen LogP contribution in [0.4, 0.5) is 17.3 Å². The number of hydrogen-bond donors (Lipinski definition) is 2. The van der Waals surface area contributed by atoms with Crippen LogP contribution in [0.3, 0.4) is 0 Å². The summed E-state index contributed by atoms with van der Waals surface area (Å²) >= 11 is 6.13. The minimum atomic E-state index is -0.248. The first-order valence-electron chi connectivity index (χ1n) is 13.8. The lowest BCUT2D eigenvalue weighted by Crippen LogP contribution is -2.24. The van der Waals surface area contributed by atoms with E-state index in [0.717, 1.165) is 35.6 Å². The van der Waals surface area contributed by atoms with Crippen molar-refractivity contribution in [2.24, 2.45) is 5.92 Å². The summed E-state index contributed by atoms with van der Waals surface area (Å²) < 4.78 is 2.03. The standard InChI is InChI=1S/C30H27ClN8O2/c31-20-6-5-18(12-32)22(9-20)23-10-24(23)30(41)37-27-11-26(34-16-35-27)33-13-21-15-38-14-19(17-3-4-17)8-25(29(38)36-21)39-7-1-2-28(39)40/h5-6,8-9,11,14-17,23-24H,1-4,7,10,13H2,(H2,33,34,35,37,41). The van der Waals surface area contributed by atoms with Gasteiger partial charge in [-0.25, -0.2) is 15.0 Å². The number of halogens is 1. The Morgan fingerprint density at radius 1 is 1.15 bits per heavy atom. The van der Waals surface area contributed by atoms with Crippen LogP contribution in [0.1, 0.15) is 66.3 Å². The first kappa shape index (κ1) is 25.5. The monoisotopic (exact) mass is 566 g/mol. The molecule has 0 spiro atoms. The van der Waals surface area contributed by atoms with Crippen LogP contribution in [-0.2, 0) is 16.1 Å². The van der Waals surface area contributed by atoms with Gasteiger partial charge in [0.05, 0.1) is 29.6 Å². The Hall–Kier alpha value is -4.49. The van der Waals surface area contributed by atoms with Crippen LogP contribution in [-0.4, -0.2) is 37.7 Å². The predicted molar refractivity (Wildman–Crippen MR) is 154 cm³/mol. The molecule has 3 fully saturated rings. The molecule has 1 saturated heterocycles. The van der Waals surface area contributed by atoms with E-state index in [0.29, 0.717) is 47.5 Å². The molecule has 2 unspecified atom stereocenters. The number of nitrogens with zero attached hydrogens (tertiary/aromatic N) is 6. The van der Waals surface area contributed by atoms with Gasteiger partial charge in [-0.2, -0.15) is 5.26 Å². The molecular formula is C30H27ClN8O2. The number of pyridine rings is 1. The fourth-order valence-electron chi connectivity index (χ4n) is 5.67. The molecule has 2 aliphatic carbocycles. The lowest BCUT2D eigenvalue weighted by Gasteiger charge is -2.17. The number of benzene rings is 1. The predicted octanol–water partition coefficient (Wildman–Crippen LogP) is 5.01. The van der Waals surface area contributed by atoms with Crippen molar-refractivity contribution in [2.75, 3.05) is 22.1 Å². The minimum Gasteiger partial charge on any atom is -0.364 e. The van der Waals surface area contributed by atoms with Crippen LogP contribution in [0.5, 0.6) is 0 Å². The molecule has 2 saturated carbocycles. The van der Waals surface area contributed by atoms with E-state index in [1.807, 2.05) is 15.5 Å². The van der Waals surface area contributed by atoms with Crippen molar-refractivity contribution in [3.63, 3.8) is 0 Å². The summed E-state index contributed by atoms with van der Waals surface area (Å²) in [4.78, 5) is 40.7. The van der Waals surface area contributed by atoms with Gasteiger partial charge in [-0.1, -0.05) is 11.6 Å². The number of anilines is 3. The summed E-state index contributed by atoms with van der Waals surface area (Å²) in [5.74, 6) is 1.20. The molecule has 3 aliphatic rings. The van der Waals surface area contributed by atoms with E-state index in [9.17, 15) is 14.9 Å². The largest absolute Gasteiger partial charge is 0.364 e. The average Bonchev–Trinajstić information content (AvgIpc) is 3.89. The van der Waals surface area contributed by atoms with Crippen LogP contribution in [0.25, 0.3) is 5.65 Å². The van der Waals surface area contributed by atoms with Gasteiger partial charge in [0.25, 0.3) is 0 Å². The molecule has 4 aromatic rings. The van der Waals surface area contributed by atoms with Gasteiger partial charge in [0, 0.05) is 42.4 Å². The fraction of sp³-hybridized carbons (Fsp3) is 0.333. The van der Waals surface area contributed by atoms with Crippen molar-refractivity contribution in [1.29, 1.82) is 5.26 Å². The lowest BCUT2D eigenvalue weighted by molar-refractivity contribution is -0.118. The number of carbonyl (C=O) groups excluding carboxylic acids is 2. The van der Waals surface area contributed by atoms with Crippen molar-refractivity contribution in [3.05, 3.63) is 76.5 Å². The highest BCUT2D eigenvalue weighted by Gasteiger charge is 2.45. The normalized spacial score (nSPS) is 19.8. The number of nitrogens with one attached hydrogen (secondary N) is 2. The van der Waals surface area contributed by atoms with Crippen LogP contribution in [0, 0.1) is 17.2 Å². The molecule has 4 heterocycles. The molecule has 0 radical (unpaired) electrons. The SMILES string of the molecule is N#Cc1ccc(Cl)cc1C1CC1C(=O)Nc1cc(NCc2cn3cc(C4CC4)cc(N4CCCC4=O)c3n2)ncn1. The maximum absolute atomic E-state index is 12.9. The molecule has 41 heavy (non-hydrogen) atoms. The molecule has 1 aliphatic heterocycles. The maximum Gasteiger partial charge on any atom is 0.229 e. The second kappa shape index (κ2) is 10.2. The molecular weight excluding hydrogens is 540 g/mol. The van der Waals surface area contributed by atoms with Gasteiger partial charge in [-0.05, 0) is 72.9 Å². The van der Waals surface area contributed by atoms with E-state index in [2.05, 4.69) is 38.9 Å². The number of amides is 2. The molecule has 3 aromatic heterocycles. The zero-order valence-corrected chi connectivity index (χ0v) is 22.9. The summed E-state index contributed by atoms with van der Waals surface area (Å²) in [7, 11) is 0. The fourth-order valence-corrected chi connectivity index (χ4v) is 5.85. The number of fused-ring (bicyclic) bond motifs is 1. The van der Waals surface area contributed by atoms with Gasteiger partial charge < -0.3 is 19.9 Å². The molecule has 2 amide bonds. The van der Waals surface area contributed by atoms with Gasteiger partial charge >= 0.3 is 0 Å². The minimum absolute atomic E-state index is 0.0426. The Morgan fingerprint density at radius 3 is 2.78 bits per heavy atom. The van der Waals surface area contributed by atoms with E-state index in [1.165, 1.54) is 24.7 Å². The number of aromatic nitrogens is 4. The van der Waals surface area contributed by atoms with E-state index in [1.54, 1.807) is 24.3 Å². The summed E-state index contributed by atoms with van der Waals surface area (Å²) in [6.45, 7) is 1.13. The number of carbonyl (C=O) groups is 2. The van der Waals surface area contributed by atoms with Gasteiger partial charge in [0.15, 0.2) is 5.65 Å². The van der Waals surface area contributed by atoms with Crippen LogP contribution >= 0.6 is 11.6 Å². The van der Waals surface area contributed by atoms with Gasteiger partial charge in [0.2, 0.25) is 11.8 Å². The number of rotatable bonds is 8. The lowest BCUT2D eigenvalue weighted by atomic mass is 10.0. The third-order valence-corrected chi connectivity index (χ3v) is 8.28. The van der Waals surface area contributed by atoms with Gasteiger partial charge in [-0.3, -0.25) is 9.59 Å². The first-order chi connectivity index (χ1) is 20.0. The van der Waals surface area contributed by atoms with E-state index in [4.69, 9.17) is 16.6 Å². The molecule has 2 N–H and O–H groups in total. The molecule has 2 atom stereocenters. The van der Waals surface area contributed by atoms with Crippen LogP contribution in [0.15, 0.2) is 49.1 Å².